The van der Waals surface area contributed by atoms with Crippen LogP contribution in [0.4, 0.5) is 10.5 Å². The van der Waals surface area contributed by atoms with Crippen molar-refractivity contribution in [2.75, 3.05) is 38.1 Å². The standard InChI is InChI=1S/C21H31N3O2S/c1-5-23(6-2)12-13-24(16-18-9-8-14-27-18)21(25)22-19-11-10-17(4)15-20(19)26-7-3/h8-11,14-15H,5-7,12-13,16H2,1-4H3,(H,22,25). The molecule has 0 atom stereocenters. The Bertz CT molecular complexity index is 699. The quantitative estimate of drug-likeness (QED) is 0.633. The fourth-order valence-electron chi connectivity index (χ4n) is 2.85. The largest absolute Gasteiger partial charge is 0.492 e. The van der Waals surface area contributed by atoms with E-state index >= 15 is 0 Å². The maximum absolute atomic E-state index is 13.0. The Hall–Kier alpha value is -2.05. The molecule has 0 aliphatic heterocycles. The number of aryl methyl sites for hydroxylation is 1. The predicted molar refractivity (Wildman–Crippen MR) is 114 cm³/mol. The summed E-state index contributed by atoms with van der Waals surface area (Å²) in [6.45, 7) is 12.9. The Morgan fingerprint density at radius 2 is 1.93 bits per heavy atom. The van der Waals surface area contributed by atoms with Gasteiger partial charge in [-0.3, -0.25) is 0 Å². The Morgan fingerprint density at radius 1 is 1.15 bits per heavy atom. The van der Waals surface area contributed by atoms with E-state index in [2.05, 4.69) is 30.1 Å². The molecule has 6 heteroatoms. The van der Waals surface area contributed by atoms with Crippen molar-refractivity contribution in [1.29, 1.82) is 0 Å². The molecular formula is C21H31N3O2S. The molecule has 5 nitrogen and oxygen atoms in total. The molecule has 0 aliphatic rings. The molecular weight excluding hydrogens is 358 g/mol. The molecule has 0 radical (unpaired) electrons. The van der Waals surface area contributed by atoms with Crippen molar-refractivity contribution >= 4 is 23.1 Å². The van der Waals surface area contributed by atoms with Crippen LogP contribution in [0.5, 0.6) is 5.75 Å². The van der Waals surface area contributed by atoms with Crippen LogP contribution in [0.2, 0.25) is 0 Å². The Labute approximate surface area is 166 Å². The van der Waals surface area contributed by atoms with E-state index in [1.165, 1.54) is 4.88 Å². The fourth-order valence-corrected chi connectivity index (χ4v) is 3.57. The van der Waals surface area contributed by atoms with E-state index in [-0.39, 0.29) is 6.03 Å². The zero-order valence-electron chi connectivity index (χ0n) is 16.8. The summed E-state index contributed by atoms with van der Waals surface area (Å²) in [6.07, 6.45) is 0. The first-order valence-electron chi connectivity index (χ1n) is 9.61. The second kappa shape index (κ2) is 10.9. The molecule has 0 spiro atoms. The predicted octanol–water partition coefficient (Wildman–Crippen LogP) is 4.83. The molecule has 27 heavy (non-hydrogen) atoms. The summed E-state index contributed by atoms with van der Waals surface area (Å²) in [5, 5.41) is 5.09. The van der Waals surface area contributed by atoms with Crippen molar-refractivity contribution in [1.82, 2.24) is 9.80 Å². The van der Waals surface area contributed by atoms with E-state index in [1.54, 1.807) is 11.3 Å². The molecule has 0 saturated heterocycles. The van der Waals surface area contributed by atoms with Gasteiger partial charge in [0.2, 0.25) is 0 Å². The van der Waals surface area contributed by atoms with Gasteiger partial charge in [-0.2, -0.15) is 0 Å². The van der Waals surface area contributed by atoms with Gasteiger partial charge in [-0.05, 0) is 56.1 Å². The summed E-state index contributed by atoms with van der Waals surface area (Å²) < 4.78 is 5.70. The number of thiophene rings is 1. The summed E-state index contributed by atoms with van der Waals surface area (Å²) in [4.78, 5) is 18.4. The maximum atomic E-state index is 13.0. The van der Waals surface area contributed by atoms with Crippen molar-refractivity contribution in [3.05, 3.63) is 46.2 Å². The molecule has 0 unspecified atom stereocenters. The van der Waals surface area contributed by atoms with Crippen LogP contribution in [0.15, 0.2) is 35.7 Å². The molecule has 0 aliphatic carbocycles. The Balaban J connectivity index is 2.12. The van der Waals surface area contributed by atoms with Gasteiger partial charge in [0, 0.05) is 18.0 Å². The number of ether oxygens (including phenoxy) is 1. The molecule has 1 heterocycles. The van der Waals surface area contributed by atoms with Crippen molar-refractivity contribution in [2.45, 2.75) is 34.2 Å². The van der Waals surface area contributed by atoms with Gasteiger partial charge >= 0.3 is 6.03 Å². The van der Waals surface area contributed by atoms with E-state index in [0.717, 1.165) is 25.2 Å². The normalized spacial score (nSPS) is 10.9. The number of benzene rings is 1. The lowest BCUT2D eigenvalue weighted by molar-refractivity contribution is 0.194. The highest BCUT2D eigenvalue weighted by molar-refractivity contribution is 7.09. The van der Waals surface area contributed by atoms with E-state index in [4.69, 9.17) is 4.74 Å². The highest BCUT2D eigenvalue weighted by Gasteiger charge is 2.17. The first-order chi connectivity index (χ1) is 13.1. The van der Waals surface area contributed by atoms with Gasteiger partial charge in [0.05, 0.1) is 18.8 Å². The second-order valence-corrected chi connectivity index (χ2v) is 7.42. The number of carbonyl (C=O) groups is 1. The lowest BCUT2D eigenvalue weighted by atomic mass is 10.2. The highest BCUT2D eigenvalue weighted by Crippen LogP contribution is 2.26. The molecule has 2 amide bonds. The van der Waals surface area contributed by atoms with Gasteiger partial charge in [-0.15, -0.1) is 11.3 Å². The van der Waals surface area contributed by atoms with E-state index in [1.807, 2.05) is 48.4 Å². The van der Waals surface area contributed by atoms with Crippen molar-refractivity contribution in [3.63, 3.8) is 0 Å². The third-order valence-corrected chi connectivity index (χ3v) is 5.33. The molecule has 0 saturated carbocycles. The number of rotatable bonds is 10. The van der Waals surface area contributed by atoms with E-state index < -0.39 is 0 Å². The van der Waals surface area contributed by atoms with Crippen LogP contribution in [-0.4, -0.2) is 48.6 Å². The SMILES string of the molecule is CCOc1cc(C)ccc1NC(=O)N(CCN(CC)CC)Cc1cccs1. The third kappa shape index (κ3) is 6.56. The van der Waals surface area contributed by atoms with E-state index in [0.29, 0.717) is 31.1 Å². The number of nitrogens with zero attached hydrogens (tertiary/aromatic N) is 2. The smallest absolute Gasteiger partial charge is 0.322 e. The lowest BCUT2D eigenvalue weighted by Gasteiger charge is -2.26. The highest BCUT2D eigenvalue weighted by atomic mass is 32.1. The maximum Gasteiger partial charge on any atom is 0.322 e. The number of nitrogens with one attached hydrogen (secondary N) is 1. The van der Waals surface area contributed by atoms with Crippen LogP contribution in [0.1, 0.15) is 31.2 Å². The summed E-state index contributed by atoms with van der Waals surface area (Å²) in [5.41, 5.74) is 1.82. The monoisotopic (exact) mass is 389 g/mol. The van der Waals surface area contributed by atoms with E-state index in [9.17, 15) is 4.79 Å². The lowest BCUT2D eigenvalue weighted by Crippen LogP contribution is -2.40. The summed E-state index contributed by atoms with van der Waals surface area (Å²) >= 11 is 1.67. The average Bonchev–Trinajstić information content (AvgIpc) is 3.17. The molecule has 2 rings (SSSR count). The number of anilines is 1. The first-order valence-corrected chi connectivity index (χ1v) is 10.5. The van der Waals surface area contributed by atoms with Crippen molar-refractivity contribution < 1.29 is 9.53 Å². The Morgan fingerprint density at radius 3 is 2.56 bits per heavy atom. The van der Waals surface area contributed by atoms with Gasteiger partial charge in [-0.25, -0.2) is 4.79 Å². The molecule has 148 valence electrons. The van der Waals surface area contributed by atoms with Crippen LogP contribution in [0.3, 0.4) is 0 Å². The number of carbonyl (C=O) groups excluding carboxylic acids is 1. The van der Waals surface area contributed by atoms with Crippen molar-refractivity contribution in [2.24, 2.45) is 0 Å². The molecule has 1 N–H and O–H groups in total. The third-order valence-electron chi connectivity index (χ3n) is 4.47. The zero-order chi connectivity index (χ0) is 19.6. The summed E-state index contributed by atoms with van der Waals surface area (Å²) in [7, 11) is 0. The van der Waals surface area contributed by atoms with Crippen LogP contribution < -0.4 is 10.1 Å². The van der Waals surface area contributed by atoms with Gasteiger partial charge in [0.15, 0.2) is 0 Å². The number of hydrogen-bond acceptors (Lipinski definition) is 4. The minimum Gasteiger partial charge on any atom is -0.492 e. The van der Waals surface area contributed by atoms with Crippen LogP contribution in [0.25, 0.3) is 0 Å². The van der Waals surface area contributed by atoms with Crippen LogP contribution in [0, 0.1) is 6.92 Å². The first kappa shape index (κ1) is 21.3. The van der Waals surface area contributed by atoms with Crippen LogP contribution >= 0.6 is 11.3 Å². The Kier molecular flexibility index (Phi) is 8.61. The number of amides is 2. The minimum absolute atomic E-state index is 0.0969. The summed E-state index contributed by atoms with van der Waals surface area (Å²) in [6, 6.07) is 9.84. The van der Waals surface area contributed by atoms with Gasteiger partial charge in [-0.1, -0.05) is 26.0 Å². The number of likely N-dealkylation sites (N-methyl/N-ethyl adjacent to an activating group) is 1. The molecule has 0 bridgehead atoms. The summed E-state index contributed by atoms with van der Waals surface area (Å²) in [5.74, 6) is 0.714. The average molecular weight is 390 g/mol. The minimum atomic E-state index is -0.0969. The number of hydrogen-bond donors (Lipinski definition) is 1. The zero-order valence-corrected chi connectivity index (χ0v) is 17.6. The number of urea groups is 1. The van der Waals surface area contributed by atoms with Gasteiger partial charge in [0.25, 0.3) is 0 Å². The molecule has 2 aromatic rings. The molecule has 0 fully saturated rings. The fraction of sp³-hybridized carbons (Fsp3) is 0.476. The van der Waals surface area contributed by atoms with Gasteiger partial charge < -0.3 is 19.9 Å². The van der Waals surface area contributed by atoms with Crippen molar-refractivity contribution in [3.8, 4) is 5.75 Å². The second-order valence-electron chi connectivity index (χ2n) is 6.39. The topological polar surface area (TPSA) is 44.8 Å². The van der Waals surface area contributed by atoms with Crippen LogP contribution in [-0.2, 0) is 6.54 Å². The van der Waals surface area contributed by atoms with Gasteiger partial charge in [0.1, 0.15) is 5.75 Å². The molecule has 1 aromatic heterocycles. The molecule has 1 aromatic carbocycles.